The van der Waals surface area contributed by atoms with Gasteiger partial charge in [-0.25, -0.2) is 4.99 Å². The van der Waals surface area contributed by atoms with Crippen LogP contribution in [-0.2, 0) is 0 Å². The minimum atomic E-state index is 0.403. The van der Waals surface area contributed by atoms with Gasteiger partial charge >= 0.3 is 0 Å². The Hall–Kier alpha value is -3.55. The summed E-state index contributed by atoms with van der Waals surface area (Å²) in [5.74, 6) is 0.403. The average Bonchev–Trinajstić information content (AvgIpc) is 2.80. The zero-order valence-electron chi connectivity index (χ0n) is 16.5. The first-order chi connectivity index (χ1) is 14.8. The Balaban J connectivity index is 1.41. The average molecular weight is 399 g/mol. The molecule has 0 radical (unpaired) electrons. The SMILES string of the molecule is [O-]N1NC(Nc2cccc(N3CCNCC3)c2)=Nc2cc(-c3ccccc3)ccc21. The number of nitrogens with zero attached hydrogens (tertiary/aromatic N) is 3. The van der Waals surface area contributed by atoms with E-state index in [1.807, 2.05) is 54.6 Å². The Morgan fingerprint density at radius 2 is 1.70 bits per heavy atom. The van der Waals surface area contributed by atoms with E-state index in [4.69, 9.17) is 0 Å². The highest BCUT2D eigenvalue weighted by molar-refractivity contribution is 6.00. The number of nitrogens with one attached hydrogen (secondary N) is 3. The van der Waals surface area contributed by atoms with E-state index < -0.39 is 0 Å². The second-order valence-electron chi connectivity index (χ2n) is 7.35. The number of anilines is 3. The summed E-state index contributed by atoms with van der Waals surface area (Å²) in [5, 5.41) is 19.9. The molecule has 1 saturated heterocycles. The molecule has 2 aliphatic rings. The Labute approximate surface area is 175 Å². The van der Waals surface area contributed by atoms with Gasteiger partial charge in [0.1, 0.15) is 0 Å². The molecule has 3 N–H and O–H groups in total. The van der Waals surface area contributed by atoms with E-state index in [0.717, 1.165) is 53.9 Å². The summed E-state index contributed by atoms with van der Waals surface area (Å²) in [6.07, 6.45) is 0. The van der Waals surface area contributed by atoms with Crippen LogP contribution in [-0.4, -0.2) is 32.1 Å². The van der Waals surface area contributed by atoms with Crippen LogP contribution >= 0.6 is 0 Å². The molecule has 0 unspecified atom stereocenters. The molecule has 2 aliphatic heterocycles. The summed E-state index contributed by atoms with van der Waals surface area (Å²) < 4.78 is 0. The molecule has 0 bridgehead atoms. The third-order valence-corrected chi connectivity index (χ3v) is 5.33. The molecule has 3 aromatic carbocycles. The van der Waals surface area contributed by atoms with Crippen molar-refractivity contribution < 1.29 is 0 Å². The number of aliphatic imine (C=N–C) groups is 1. The topological polar surface area (TPSA) is 78.0 Å². The van der Waals surface area contributed by atoms with Crippen LogP contribution in [0.2, 0.25) is 0 Å². The molecular formula is C23H23N6O-. The van der Waals surface area contributed by atoms with Crippen LogP contribution in [0.4, 0.5) is 22.7 Å². The molecule has 152 valence electrons. The first kappa shape index (κ1) is 18.5. The summed E-state index contributed by atoms with van der Waals surface area (Å²) in [4.78, 5) is 6.99. The number of hydrogen-bond acceptors (Lipinski definition) is 7. The highest BCUT2D eigenvalue weighted by Crippen LogP contribution is 2.34. The van der Waals surface area contributed by atoms with Crippen LogP contribution in [0.3, 0.4) is 0 Å². The predicted molar refractivity (Wildman–Crippen MR) is 123 cm³/mol. The molecule has 7 nitrogen and oxygen atoms in total. The summed E-state index contributed by atoms with van der Waals surface area (Å²) in [6.45, 7) is 3.93. The second-order valence-corrected chi connectivity index (χ2v) is 7.35. The van der Waals surface area contributed by atoms with Crippen LogP contribution in [0, 0.1) is 5.21 Å². The fraction of sp³-hybridized carbons (Fsp3) is 0.174. The molecule has 5 rings (SSSR count). The van der Waals surface area contributed by atoms with Crippen molar-refractivity contribution in [3.63, 3.8) is 0 Å². The zero-order valence-corrected chi connectivity index (χ0v) is 16.5. The van der Waals surface area contributed by atoms with E-state index >= 15 is 0 Å². The van der Waals surface area contributed by atoms with Crippen molar-refractivity contribution in [2.75, 3.05) is 41.6 Å². The van der Waals surface area contributed by atoms with Gasteiger partial charge in [-0.1, -0.05) is 42.5 Å². The highest BCUT2D eigenvalue weighted by Gasteiger charge is 2.15. The number of fused-ring (bicyclic) bond motifs is 1. The summed E-state index contributed by atoms with van der Waals surface area (Å²) in [7, 11) is 0. The van der Waals surface area contributed by atoms with E-state index in [2.05, 4.69) is 38.1 Å². The molecule has 0 spiro atoms. The van der Waals surface area contributed by atoms with E-state index in [1.165, 1.54) is 0 Å². The lowest BCUT2D eigenvalue weighted by molar-refractivity contribution is 0.589. The van der Waals surface area contributed by atoms with Crippen molar-refractivity contribution in [1.82, 2.24) is 10.7 Å². The lowest BCUT2D eigenvalue weighted by Crippen LogP contribution is -2.44. The van der Waals surface area contributed by atoms with Crippen molar-refractivity contribution in [2.45, 2.75) is 0 Å². The minimum Gasteiger partial charge on any atom is -0.739 e. The van der Waals surface area contributed by atoms with Gasteiger partial charge in [-0.15, -0.1) is 0 Å². The van der Waals surface area contributed by atoms with Gasteiger partial charge in [0.15, 0.2) is 0 Å². The number of guanidine groups is 1. The Morgan fingerprint density at radius 3 is 2.53 bits per heavy atom. The largest absolute Gasteiger partial charge is 0.739 e. The first-order valence-electron chi connectivity index (χ1n) is 10.1. The van der Waals surface area contributed by atoms with E-state index in [9.17, 15) is 5.21 Å². The lowest BCUT2D eigenvalue weighted by Gasteiger charge is -2.36. The fourth-order valence-corrected chi connectivity index (χ4v) is 3.79. The molecular weight excluding hydrogens is 376 g/mol. The van der Waals surface area contributed by atoms with Gasteiger partial charge in [-0.2, -0.15) is 0 Å². The van der Waals surface area contributed by atoms with E-state index in [-0.39, 0.29) is 0 Å². The molecule has 0 amide bonds. The standard InChI is InChI=1S/C23H23N6O/c30-29-22-10-9-18(17-5-2-1-3-6-17)15-21(22)26-23(27-29)25-19-7-4-8-20(16-19)28-13-11-24-12-14-28/h1-10,15-16,24H,11-14H2,(H2,25,26,27)/q-1. The van der Waals surface area contributed by atoms with Crippen LogP contribution in [0.5, 0.6) is 0 Å². The Bertz CT molecular complexity index is 1060. The smallest absolute Gasteiger partial charge is 0.219 e. The molecule has 30 heavy (non-hydrogen) atoms. The number of hydrazine groups is 1. The van der Waals surface area contributed by atoms with E-state index in [0.29, 0.717) is 17.3 Å². The van der Waals surface area contributed by atoms with Crippen LogP contribution in [0.1, 0.15) is 0 Å². The Kier molecular flexibility index (Phi) is 4.96. The van der Waals surface area contributed by atoms with Crippen molar-refractivity contribution in [3.05, 3.63) is 78.0 Å². The third kappa shape index (κ3) is 3.80. The number of piperazine rings is 1. The molecule has 7 heteroatoms. The normalized spacial score (nSPS) is 15.8. The van der Waals surface area contributed by atoms with Crippen molar-refractivity contribution in [2.24, 2.45) is 4.99 Å². The molecule has 2 heterocycles. The maximum Gasteiger partial charge on any atom is 0.219 e. The first-order valence-corrected chi connectivity index (χ1v) is 10.1. The maximum atomic E-state index is 12.5. The molecule has 0 aromatic heterocycles. The summed E-state index contributed by atoms with van der Waals surface area (Å²) in [5.41, 5.74) is 8.05. The molecule has 0 saturated carbocycles. The predicted octanol–water partition coefficient (Wildman–Crippen LogP) is 3.69. The zero-order chi connectivity index (χ0) is 20.3. The fourth-order valence-electron chi connectivity index (χ4n) is 3.79. The van der Waals surface area contributed by atoms with Gasteiger partial charge in [0.25, 0.3) is 0 Å². The van der Waals surface area contributed by atoms with E-state index in [1.54, 1.807) is 6.07 Å². The van der Waals surface area contributed by atoms with Gasteiger partial charge < -0.3 is 25.9 Å². The maximum absolute atomic E-state index is 12.5. The van der Waals surface area contributed by atoms with Crippen LogP contribution in [0.25, 0.3) is 11.1 Å². The van der Waals surface area contributed by atoms with Crippen LogP contribution in [0.15, 0.2) is 77.8 Å². The minimum absolute atomic E-state index is 0.403. The second kappa shape index (κ2) is 8.06. The van der Waals surface area contributed by atoms with Gasteiger partial charge in [-0.05, 0) is 41.5 Å². The lowest BCUT2D eigenvalue weighted by atomic mass is 10.0. The molecule has 0 aliphatic carbocycles. The quantitative estimate of drug-likeness (QED) is 0.624. The summed E-state index contributed by atoms with van der Waals surface area (Å²) >= 11 is 0. The monoisotopic (exact) mass is 399 g/mol. The molecule has 0 atom stereocenters. The highest BCUT2D eigenvalue weighted by atomic mass is 16.5. The number of hydrogen-bond donors (Lipinski definition) is 3. The van der Waals surface area contributed by atoms with Crippen molar-refractivity contribution in [3.8, 4) is 11.1 Å². The van der Waals surface area contributed by atoms with Gasteiger partial charge in [0.2, 0.25) is 5.96 Å². The Morgan fingerprint density at radius 1 is 0.867 bits per heavy atom. The molecule has 3 aromatic rings. The molecule has 1 fully saturated rings. The van der Waals surface area contributed by atoms with Crippen molar-refractivity contribution in [1.29, 1.82) is 0 Å². The number of benzene rings is 3. The van der Waals surface area contributed by atoms with Gasteiger partial charge in [0.05, 0.1) is 11.4 Å². The van der Waals surface area contributed by atoms with Crippen molar-refractivity contribution >= 4 is 28.7 Å². The summed E-state index contributed by atoms with van der Waals surface area (Å²) in [6, 6.07) is 23.9. The third-order valence-electron chi connectivity index (χ3n) is 5.33. The van der Waals surface area contributed by atoms with Crippen LogP contribution < -0.4 is 26.1 Å². The van der Waals surface area contributed by atoms with Gasteiger partial charge in [-0.3, -0.25) is 5.43 Å². The number of rotatable bonds is 3. The van der Waals surface area contributed by atoms with Gasteiger partial charge in [0, 0.05) is 37.6 Å².